The van der Waals surface area contributed by atoms with Crippen molar-refractivity contribution in [2.75, 3.05) is 7.05 Å². The fourth-order valence-corrected chi connectivity index (χ4v) is 3.14. The number of hydrogen-bond acceptors (Lipinski definition) is 2. The van der Waals surface area contributed by atoms with Gasteiger partial charge in [-0.1, -0.05) is 19.3 Å². The van der Waals surface area contributed by atoms with Gasteiger partial charge in [0.25, 0.3) is 0 Å². The Morgan fingerprint density at radius 1 is 1.12 bits per heavy atom. The van der Waals surface area contributed by atoms with Crippen LogP contribution in [0.25, 0.3) is 0 Å². The highest BCUT2D eigenvalue weighted by Gasteiger charge is 2.36. The Labute approximate surface area is 99.6 Å². The van der Waals surface area contributed by atoms with E-state index in [0.29, 0.717) is 12.1 Å². The molecule has 0 aromatic rings. The SMILES string of the molecule is CC(C1CC1)N(C)C1CCCCCC1C#N. The Morgan fingerprint density at radius 2 is 1.81 bits per heavy atom. The molecule has 2 aliphatic rings. The minimum Gasteiger partial charge on any atom is -0.299 e. The lowest BCUT2D eigenvalue weighted by Gasteiger charge is -2.35. The van der Waals surface area contributed by atoms with Crippen molar-refractivity contribution in [3.63, 3.8) is 0 Å². The van der Waals surface area contributed by atoms with Crippen molar-refractivity contribution in [3.05, 3.63) is 0 Å². The zero-order valence-electron chi connectivity index (χ0n) is 10.7. The van der Waals surface area contributed by atoms with Gasteiger partial charge in [0.15, 0.2) is 0 Å². The van der Waals surface area contributed by atoms with Gasteiger partial charge in [0.05, 0.1) is 12.0 Å². The van der Waals surface area contributed by atoms with Crippen LogP contribution >= 0.6 is 0 Å². The third-order valence-corrected chi connectivity index (χ3v) is 4.62. The van der Waals surface area contributed by atoms with E-state index in [2.05, 4.69) is 24.9 Å². The number of nitriles is 1. The Hall–Kier alpha value is -0.550. The van der Waals surface area contributed by atoms with Crippen molar-refractivity contribution < 1.29 is 0 Å². The molecule has 0 aromatic heterocycles. The standard InChI is InChI=1S/C14H24N2/c1-11(12-8-9-12)16(2)14-7-5-3-4-6-13(14)10-15/h11-14H,3-9H2,1-2H3. The maximum Gasteiger partial charge on any atom is 0.0672 e. The summed E-state index contributed by atoms with van der Waals surface area (Å²) in [5.41, 5.74) is 0. The normalized spacial score (nSPS) is 33.1. The van der Waals surface area contributed by atoms with Crippen molar-refractivity contribution in [1.29, 1.82) is 5.26 Å². The highest BCUT2D eigenvalue weighted by molar-refractivity contribution is 4.97. The van der Waals surface area contributed by atoms with Crippen LogP contribution in [0.4, 0.5) is 0 Å². The molecule has 0 N–H and O–H groups in total. The second kappa shape index (κ2) is 5.19. The van der Waals surface area contributed by atoms with Gasteiger partial charge < -0.3 is 0 Å². The first kappa shape index (κ1) is 11.9. The maximum atomic E-state index is 9.29. The molecule has 0 saturated heterocycles. The van der Waals surface area contributed by atoms with Crippen LogP contribution < -0.4 is 0 Å². The van der Waals surface area contributed by atoms with Crippen molar-refractivity contribution in [2.24, 2.45) is 11.8 Å². The van der Waals surface area contributed by atoms with E-state index in [9.17, 15) is 5.26 Å². The Kier molecular flexibility index (Phi) is 3.86. The molecular formula is C14H24N2. The first-order chi connectivity index (χ1) is 7.74. The Balaban J connectivity index is 2.00. The quantitative estimate of drug-likeness (QED) is 0.683. The average Bonchev–Trinajstić information content (AvgIpc) is 3.12. The largest absolute Gasteiger partial charge is 0.299 e. The summed E-state index contributed by atoms with van der Waals surface area (Å²) in [5, 5.41) is 9.29. The average molecular weight is 220 g/mol. The molecule has 0 aliphatic heterocycles. The van der Waals surface area contributed by atoms with Gasteiger partial charge in [0.1, 0.15) is 0 Å². The maximum absolute atomic E-state index is 9.29. The van der Waals surface area contributed by atoms with Gasteiger partial charge in [-0.25, -0.2) is 0 Å². The minimum atomic E-state index is 0.272. The van der Waals surface area contributed by atoms with E-state index in [0.717, 1.165) is 12.3 Å². The van der Waals surface area contributed by atoms with E-state index in [4.69, 9.17) is 0 Å². The van der Waals surface area contributed by atoms with Gasteiger partial charge in [0.2, 0.25) is 0 Å². The van der Waals surface area contributed by atoms with E-state index < -0.39 is 0 Å². The smallest absolute Gasteiger partial charge is 0.0672 e. The van der Waals surface area contributed by atoms with E-state index in [1.807, 2.05) is 0 Å². The number of nitrogens with zero attached hydrogens (tertiary/aromatic N) is 2. The van der Waals surface area contributed by atoms with Crippen LogP contribution in [0.1, 0.15) is 51.9 Å². The van der Waals surface area contributed by atoms with Crippen LogP contribution in [0.15, 0.2) is 0 Å². The molecule has 2 rings (SSSR count). The molecule has 16 heavy (non-hydrogen) atoms. The summed E-state index contributed by atoms with van der Waals surface area (Å²) in [5.74, 6) is 1.18. The van der Waals surface area contributed by atoms with Crippen LogP contribution in [0, 0.1) is 23.2 Å². The van der Waals surface area contributed by atoms with E-state index in [1.54, 1.807) is 0 Å². The molecule has 2 heteroatoms. The molecule has 3 unspecified atom stereocenters. The Bertz CT molecular complexity index is 264. The molecule has 90 valence electrons. The second-order valence-electron chi connectivity index (χ2n) is 5.68. The van der Waals surface area contributed by atoms with Gasteiger partial charge in [-0.3, -0.25) is 4.90 Å². The van der Waals surface area contributed by atoms with Gasteiger partial charge in [0, 0.05) is 12.1 Å². The van der Waals surface area contributed by atoms with Crippen molar-refractivity contribution in [1.82, 2.24) is 4.90 Å². The molecule has 2 fully saturated rings. The fraction of sp³-hybridized carbons (Fsp3) is 0.929. The molecule has 2 nitrogen and oxygen atoms in total. The summed E-state index contributed by atoms with van der Waals surface area (Å²) in [6.45, 7) is 2.34. The van der Waals surface area contributed by atoms with Crippen LogP contribution in [0.2, 0.25) is 0 Å². The molecular weight excluding hydrogens is 196 g/mol. The first-order valence-corrected chi connectivity index (χ1v) is 6.85. The number of rotatable bonds is 3. The zero-order valence-corrected chi connectivity index (χ0v) is 10.7. The minimum absolute atomic E-state index is 0.272. The molecule has 2 aliphatic carbocycles. The number of hydrogen-bond donors (Lipinski definition) is 0. The van der Waals surface area contributed by atoms with Crippen LogP contribution in [-0.4, -0.2) is 24.0 Å². The van der Waals surface area contributed by atoms with E-state index >= 15 is 0 Å². The van der Waals surface area contributed by atoms with Crippen molar-refractivity contribution in [3.8, 4) is 6.07 Å². The van der Waals surface area contributed by atoms with Crippen LogP contribution in [-0.2, 0) is 0 Å². The molecule has 2 saturated carbocycles. The highest BCUT2D eigenvalue weighted by atomic mass is 15.2. The highest BCUT2D eigenvalue weighted by Crippen LogP contribution is 2.37. The van der Waals surface area contributed by atoms with Crippen molar-refractivity contribution >= 4 is 0 Å². The molecule has 0 aromatic carbocycles. The van der Waals surface area contributed by atoms with Gasteiger partial charge in [-0.15, -0.1) is 0 Å². The third kappa shape index (κ3) is 2.58. The lowest BCUT2D eigenvalue weighted by molar-refractivity contribution is 0.130. The summed E-state index contributed by atoms with van der Waals surface area (Å²) >= 11 is 0. The fourth-order valence-electron chi connectivity index (χ4n) is 3.14. The molecule has 0 radical (unpaired) electrons. The summed E-state index contributed by atoms with van der Waals surface area (Å²) in [6, 6.07) is 3.74. The first-order valence-electron chi connectivity index (χ1n) is 6.85. The molecule has 0 spiro atoms. The topological polar surface area (TPSA) is 27.0 Å². The Morgan fingerprint density at radius 3 is 2.44 bits per heavy atom. The summed E-state index contributed by atoms with van der Waals surface area (Å²) in [6.07, 6.45) is 9.02. The third-order valence-electron chi connectivity index (χ3n) is 4.62. The predicted molar refractivity (Wildman–Crippen MR) is 65.9 cm³/mol. The predicted octanol–water partition coefficient (Wildman–Crippen LogP) is 3.19. The molecule has 0 heterocycles. The van der Waals surface area contributed by atoms with Gasteiger partial charge in [-0.05, 0) is 45.6 Å². The zero-order chi connectivity index (χ0) is 11.5. The van der Waals surface area contributed by atoms with Gasteiger partial charge >= 0.3 is 0 Å². The lowest BCUT2D eigenvalue weighted by Crippen LogP contribution is -2.43. The summed E-state index contributed by atoms with van der Waals surface area (Å²) < 4.78 is 0. The molecule has 0 bridgehead atoms. The summed E-state index contributed by atoms with van der Waals surface area (Å²) in [7, 11) is 2.24. The van der Waals surface area contributed by atoms with E-state index in [1.165, 1.54) is 38.5 Å². The molecule has 0 amide bonds. The van der Waals surface area contributed by atoms with Crippen molar-refractivity contribution in [2.45, 2.75) is 64.0 Å². The molecule has 3 atom stereocenters. The van der Waals surface area contributed by atoms with Crippen LogP contribution in [0.5, 0.6) is 0 Å². The lowest BCUT2D eigenvalue weighted by atomic mass is 9.93. The van der Waals surface area contributed by atoms with E-state index in [-0.39, 0.29) is 5.92 Å². The monoisotopic (exact) mass is 220 g/mol. The van der Waals surface area contributed by atoms with Crippen LogP contribution in [0.3, 0.4) is 0 Å². The second-order valence-corrected chi connectivity index (χ2v) is 5.68. The van der Waals surface area contributed by atoms with Gasteiger partial charge in [-0.2, -0.15) is 5.26 Å². The summed E-state index contributed by atoms with van der Waals surface area (Å²) in [4.78, 5) is 2.51.